The molecule has 570 valence electrons. The summed E-state index contributed by atoms with van der Waals surface area (Å²) >= 11 is 0. The molecule has 0 aromatic carbocycles. The number of unbranched alkanes of at least 4 members (excludes halogenated alkanes) is 39. The summed E-state index contributed by atoms with van der Waals surface area (Å²) in [5, 5.41) is 10.6. The van der Waals surface area contributed by atoms with Gasteiger partial charge >= 0.3 is 39.5 Å². The summed E-state index contributed by atoms with van der Waals surface area (Å²) < 4.78 is 68.5. The van der Waals surface area contributed by atoms with E-state index in [2.05, 4.69) is 55.4 Å². The average Bonchev–Trinajstić information content (AvgIpc) is 2.98. The molecule has 0 spiro atoms. The topological polar surface area (TPSA) is 237 Å². The minimum absolute atomic E-state index is 0.104. The van der Waals surface area contributed by atoms with Gasteiger partial charge in [0, 0.05) is 25.7 Å². The van der Waals surface area contributed by atoms with Crippen LogP contribution in [0.3, 0.4) is 0 Å². The lowest BCUT2D eigenvalue weighted by molar-refractivity contribution is -0.161. The Balaban J connectivity index is 5.21. The maximum Gasteiger partial charge on any atom is 0.472 e. The zero-order valence-electron chi connectivity index (χ0n) is 63.0. The SMILES string of the molecule is CCC(C)CCCCCCCCCCCCC(=O)OC[C@H](COP(=O)(O)OC[C@@H](O)COP(=O)(O)OC[C@@H](COC(=O)CCCCCCCCC(C)C)OC(=O)CCCCCCCCCCCC(C)C)OC(=O)CCCCCCCCCCCCCCCCCCCCC(C)C. The monoisotopic (exact) mass is 1410 g/mol. The standard InChI is InChI=1S/C77H150O17P2/c1-9-70(8)56-48-40-31-25-20-21-26-32-41-49-57-74(79)87-63-72(93-76(81)59-51-43-33-27-19-17-15-13-11-10-12-14-16-18-23-29-37-45-53-67(2)3)65-91-95(83,84)89-61-71(78)62-90-96(85,86)92-66-73(64-88-75(80)58-50-42-36-35-39-47-55-69(6)7)94-77(82)60-52-44-34-28-22-24-30-38-46-54-68(4)5/h67-73,78H,9-66H2,1-8H3,(H,83,84)(H,85,86)/t70?,71-,72-,73-/m1/s1. The Morgan fingerprint density at radius 2 is 0.500 bits per heavy atom. The highest BCUT2D eigenvalue weighted by molar-refractivity contribution is 7.47. The molecular weight excluding hydrogens is 1260 g/mol. The van der Waals surface area contributed by atoms with E-state index in [0.717, 1.165) is 114 Å². The second-order valence-corrected chi connectivity index (χ2v) is 32.3. The molecule has 0 saturated carbocycles. The number of phosphoric ester groups is 2. The maximum absolute atomic E-state index is 13.1. The molecule has 0 radical (unpaired) electrons. The molecule has 0 aromatic rings. The molecule has 3 unspecified atom stereocenters. The fourth-order valence-electron chi connectivity index (χ4n) is 11.7. The van der Waals surface area contributed by atoms with Crippen LogP contribution in [-0.2, 0) is 65.4 Å². The number of hydrogen-bond acceptors (Lipinski definition) is 15. The summed E-state index contributed by atoms with van der Waals surface area (Å²) in [6.07, 6.45) is 51.6. The molecule has 0 heterocycles. The van der Waals surface area contributed by atoms with Crippen LogP contribution in [0.1, 0.15) is 389 Å². The molecule has 3 N–H and O–H groups in total. The Morgan fingerprint density at radius 1 is 0.292 bits per heavy atom. The molecule has 19 heteroatoms. The van der Waals surface area contributed by atoms with Gasteiger partial charge in [-0.3, -0.25) is 37.3 Å². The van der Waals surface area contributed by atoms with E-state index in [9.17, 15) is 43.2 Å². The van der Waals surface area contributed by atoms with Gasteiger partial charge < -0.3 is 33.8 Å². The van der Waals surface area contributed by atoms with Gasteiger partial charge in [0.15, 0.2) is 12.2 Å². The predicted octanol–water partition coefficient (Wildman–Crippen LogP) is 22.4. The number of carbonyl (C=O) groups is 4. The number of phosphoric acid groups is 2. The van der Waals surface area contributed by atoms with Crippen molar-refractivity contribution in [1.82, 2.24) is 0 Å². The molecule has 0 aromatic heterocycles. The molecule has 0 aliphatic rings. The van der Waals surface area contributed by atoms with E-state index in [1.807, 2.05) is 0 Å². The Kier molecular flexibility index (Phi) is 65.0. The maximum atomic E-state index is 13.1. The van der Waals surface area contributed by atoms with Crippen LogP contribution in [0.2, 0.25) is 0 Å². The van der Waals surface area contributed by atoms with E-state index in [0.29, 0.717) is 31.6 Å². The van der Waals surface area contributed by atoms with Crippen LogP contribution < -0.4 is 0 Å². The molecule has 17 nitrogen and oxygen atoms in total. The Hall–Kier alpha value is -1.94. The molecule has 0 saturated heterocycles. The van der Waals surface area contributed by atoms with Crippen molar-refractivity contribution in [3.05, 3.63) is 0 Å². The lowest BCUT2D eigenvalue weighted by Gasteiger charge is -2.21. The highest BCUT2D eigenvalue weighted by Crippen LogP contribution is 2.45. The van der Waals surface area contributed by atoms with E-state index in [-0.39, 0.29) is 25.7 Å². The van der Waals surface area contributed by atoms with E-state index in [1.165, 1.54) is 186 Å². The smallest absolute Gasteiger partial charge is 0.462 e. The molecule has 6 atom stereocenters. The van der Waals surface area contributed by atoms with Crippen LogP contribution in [0.4, 0.5) is 0 Å². The quantitative estimate of drug-likeness (QED) is 0.0222. The van der Waals surface area contributed by atoms with Crippen LogP contribution in [0.25, 0.3) is 0 Å². The first-order valence-corrected chi connectivity index (χ1v) is 42.7. The molecule has 0 aliphatic carbocycles. The van der Waals surface area contributed by atoms with E-state index < -0.39 is 97.5 Å². The zero-order valence-corrected chi connectivity index (χ0v) is 64.8. The molecule has 0 fully saturated rings. The summed E-state index contributed by atoms with van der Waals surface area (Å²) in [7, 11) is -9.91. The lowest BCUT2D eigenvalue weighted by atomic mass is 9.99. The third-order valence-corrected chi connectivity index (χ3v) is 20.1. The van der Waals surface area contributed by atoms with Crippen molar-refractivity contribution in [1.29, 1.82) is 0 Å². The molecule has 0 bridgehead atoms. The molecule has 0 rings (SSSR count). The Morgan fingerprint density at radius 3 is 0.740 bits per heavy atom. The Labute approximate surface area is 588 Å². The van der Waals surface area contributed by atoms with Crippen LogP contribution in [0.5, 0.6) is 0 Å². The summed E-state index contributed by atoms with van der Waals surface area (Å²) in [6.45, 7) is 14.2. The molecule has 0 aliphatic heterocycles. The van der Waals surface area contributed by atoms with Gasteiger partial charge in [0.1, 0.15) is 19.3 Å². The van der Waals surface area contributed by atoms with Crippen molar-refractivity contribution >= 4 is 39.5 Å². The second kappa shape index (κ2) is 66.3. The predicted molar refractivity (Wildman–Crippen MR) is 391 cm³/mol. The fraction of sp³-hybridized carbons (Fsp3) is 0.948. The van der Waals surface area contributed by atoms with Crippen LogP contribution in [-0.4, -0.2) is 96.7 Å². The van der Waals surface area contributed by atoms with Crippen molar-refractivity contribution < 1.29 is 80.2 Å². The highest BCUT2D eigenvalue weighted by atomic mass is 31.2. The molecule has 96 heavy (non-hydrogen) atoms. The first-order chi connectivity index (χ1) is 46.1. The van der Waals surface area contributed by atoms with Crippen molar-refractivity contribution in [3.8, 4) is 0 Å². The minimum atomic E-state index is -4.96. The number of aliphatic hydroxyl groups excluding tert-OH is 1. The van der Waals surface area contributed by atoms with E-state index >= 15 is 0 Å². The first-order valence-electron chi connectivity index (χ1n) is 39.7. The number of ether oxygens (including phenoxy) is 4. The van der Waals surface area contributed by atoms with Gasteiger partial charge in [0.2, 0.25) is 0 Å². The van der Waals surface area contributed by atoms with Crippen LogP contribution in [0.15, 0.2) is 0 Å². The molecular formula is C77H150O17P2. The number of carbonyl (C=O) groups excluding carboxylic acids is 4. The average molecular weight is 1410 g/mol. The number of aliphatic hydroxyl groups is 1. The van der Waals surface area contributed by atoms with Gasteiger partial charge in [0.05, 0.1) is 26.4 Å². The van der Waals surface area contributed by atoms with Crippen LogP contribution >= 0.6 is 15.6 Å². The number of esters is 4. The van der Waals surface area contributed by atoms with E-state index in [1.54, 1.807) is 0 Å². The van der Waals surface area contributed by atoms with Crippen molar-refractivity contribution in [2.45, 2.75) is 408 Å². The van der Waals surface area contributed by atoms with Crippen molar-refractivity contribution in [2.24, 2.45) is 23.7 Å². The van der Waals surface area contributed by atoms with Crippen molar-refractivity contribution in [2.75, 3.05) is 39.6 Å². The second-order valence-electron chi connectivity index (χ2n) is 29.4. The summed E-state index contributed by atoms with van der Waals surface area (Å²) in [5.41, 5.74) is 0. The zero-order chi connectivity index (χ0) is 71.0. The molecule has 0 amide bonds. The van der Waals surface area contributed by atoms with Gasteiger partial charge in [-0.2, -0.15) is 0 Å². The first kappa shape index (κ1) is 94.1. The minimum Gasteiger partial charge on any atom is -0.462 e. The lowest BCUT2D eigenvalue weighted by Crippen LogP contribution is -2.30. The third-order valence-electron chi connectivity index (χ3n) is 18.2. The number of hydrogen-bond donors (Lipinski definition) is 3. The van der Waals surface area contributed by atoms with Gasteiger partial charge in [-0.15, -0.1) is 0 Å². The summed E-state index contributed by atoms with van der Waals surface area (Å²) in [4.78, 5) is 72.8. The van der Waals surface area contributed by atoms with Gasteiger partial charge in [0.25, 0.3) is 0 Å². The largest absolute Gasteiger partial charge is 0.472 e. The summed E-state index contributed by atoms with van der Waals surface area (Å²) in [6, 6.07) is 0. The van der Waals surface area contributed by atoms with E-state index in [4.69, 9.17) is 37.0 Å². The Bertz CT molecular complexity index is 1890. The van der Waals surface area contributed by atoms with Crippen LogP contribution in [0, 0.1) is 23.7 Å². The normalized spacial score (nSPS) is 14.4. The van der Waals surface area contributed by atoms with Gasteiger partial charge in [-0.25, -0.2) is 9.13 Å². The van der Waals surface area contributed by atoms with Crippen molar-refractivity contribution in [3.63, 3.8) is 0 Å². The van der Waals surface area contributed by atoms with Gasteiger partial charge in [-0.1, -0.05) is 338 Å². The summed E-state index contributed by atoms with van der Waals surface area (Å²) in [5.74, 6) is 0.923. The third kappa shape index (κ3) is 69.2. The fourth-order valence-corrected chi connectivity index (χ4v) is 13.3. The van der Waals surface area contributed by atoms with Gasteiger partial charge in [-0.05, 0) is 49.4 Å². The number of rotatable bonds is 74. The highest BCUT2D eigenvalue weighted by Gasteiger charge is 2.30.